The Morgan fingerprint density at radius 1 is 1.12 bits per heavy atom. The minimum absolute atomic E-state index is 0.159. The number of pyridine rings is 1. The number of carbonyl (C=O) groups is 1. The molecular weight excluding hydrogens is 468 g/mol. The van der Waals surface area contributed by atoms with Crippen molar-refractivity contribution in [3.63, 3.8) is 0 Å². The van der Waals surface area contributed by atoms with Crippen LogP contribution in [0, 0.1) is 11.6 Å². The Balaban J connectivity index is 1.89. The van der Waals surface area contributed by atoms with E-state index in [-0.39, 0.29) is 41.2 Å². The van der Waals surface area contributed by atoms with Gasteiger partial charge >= 0.3 is 0 Å². The second kappa shape index (κ2) is 9.12. The maximum atomic E-state index is 15.7. The van der Waals surface area contributed by atoms with Crippen molar-refractivity contribution in [1.82, 2.24) is 15.0 Å². The molecule has 1 aliphatic rings. The van der Waals surface area contributed by atoms with Gasteiger partial charge in [-0.15, -0.1) is 0 Å². The summed E-state index contributed by atoms with van der Waals surface area (Å²) < 4.78 is 55.1. The first kappa shape index (κ1) is 23.8. The third-order valence-electron chi connectivity index (χ3n) is 5.83. The standard InChI is InChI=1S/C22H21F2N5O4S/c23-18-14(15-10-28-22(25)20(29-15)21(31)12-2-1-7-27-9-12)8-16(34(26,32)33)19(24)17(18)11-3-5-13(30)6-4-11/h1-2,7-11,13,30H,3-6H2,(H2,25,28)(H2,26,32,33). The Labute approximate surface area is 193 Å². The third kappa shape index (κ3) is 4.52. The van der Waals surface area contributed by atoms with Crippen LogP contribution in [0.25, 0.3) is 11.3 Å². The number of primary sulfonamides is 1. The number of nitrogens with zero attached hydrogens (tertiary/aromatic N) is 3. The van der Waals surface area contributed by atoms with E-state index in [4.69, 9.17) is 10.9 Å². The van der Waals surface area contributed by atoms with Crippen molar-refractivity contribution in [2.45, 2.75) is 42.6 Å². The van der Waals surface area contributed by atoms with Gasteiger partial charge in [0.1, 0.15) is 16.5 Å². The predicted molar refractivity (Wildman–Crippen MR) is 118 cm³/mol. The van der Waals surface area contributed by atoms with Gasteiger partial charge < -0.3 is 10.8 Å². The van der Waals surface area contributed by atoms with Gasteiger partial charge in [0.2, 0.25) is 15.8 Å². The van der Waals surface area contributed by atoms with Crippen molar-refractivity contribution in [1.29, 1.82) is 0 Å². The number of nitrogen functional groups attached to an aromatic ring is 1. The molecular formula is C22H21F2N5O4S. The molecule has 0 radical (unpaired) electrons. The fraction of sp³-hybridized carbons (Fsp3) is 0.273. The SMILES string of the molecule is Nc1ncc(-c2cc(S(N)(=O)=O)c(F)c(C3CCC(O)CC3)c2F)nc1C(=O)c1cccnc1. The fourth-order valence-corrected chi connectivity index (χ4v) is 4.72. The van der Waals surface area contributed by atoms with Crippen LogP contribution in [0.2, 0.25) is 0 Å². The number of benzene rings is 1. The minimum Gasteiger partial charge on any atom is -0.393 e. The van der Waals surface area contributed by atoms with Crippen LogP contribution in [0.3, 0.4) is 0 Å². The second-order valence-electron chi connectivity index (χ2n) is 8.07. The number of hydrogen-bond acceptors (Lipinski definition) is 8. The molecule has 2 heterocycles. The predicted octanol–water partition coefficient (Wildman–Crippen LogP) is 2.30. The average Bonchev–Trinajstić information content (AvgIpc) is 2.80. The molecule has 0 saturated heterocycles. The summed E-state index contributed by atoms with van der Waals surface area (Å²) in [6.45, 7) is 0. The van der Waals surface area contributed by atoms with Crippen LogP contribution in [0.1, 0.15) is 53.2 Å². The number of ketones is 1. The van der Waals surface area contributed by atoms with Crippen molar-refractivity contribution < 1.29 is 27.1 Å². The van der Waals surface area contributed by atoms with Gasteiger partial charge in [-0.05, 0) is 49.8 Å². The molecule has 0 bridgehead atoms. The number of anilines is 1. The van der Waals surface area contributed by atoms with Gasteiger partial charge in [0.25, 0.3) is 0 Å². The number of sulfonamides is 1. The second-order valence-corrected chi connectivity index (χ2v) is 9.60. The number of nitrogens with two attached hydrogens (primary N) is 2. The lowest BCUT2D eigenvalue weighted by molar-refractivity contribution is 0.103. The molecule has 12 heteroatoms. The fourth-order valence-electron chi connectivity index (χ4n) is 4.08. The van der Waals surface area contributed by atoms with E-state index >= 15 is 8.78 Å². The molecule has 1 fully saturated rings. The van der Waals surface area contributed by atoms with E-state index in [9.17, 15) is 18.3 Å². The maximum Gasteiger partial charge on any atom is 0.241 e. The topological polar surface area (TPSA) is 162 Å². The molecule has 0 unspecified atom stereocenters. The lowest BCUT2D eigenvalue weighted by atomic mass is 9.81. The molecule has 178 valence electrons. The lowest BCUT2D eigenvalue weighted by Gasteiger charge is -2.27. The molecule has 0 amide bonds. The number of rotatable bonds is 5. The summed E-state index contributed by atoms with van der Waals surface area (Å²) in [7, 11) is -4.57. The van der Waals surface area contributed by atoms with Crippen molar-refractivity contribution in [3.05, 3.63) is 65.2 Å². The zero-order valence-corrected chi connectivity index (χ0v) is 18.6. The molecule has 0 atom stereocenters. The molecule has 0 spiro atoms. The van der Waals surface area contributed by atoms with E-state index in [0.717, 1.165) is 12.3 Å². The van der Waals surface area contributed by atoms with Crippen LogP contribution < -0.4 is 10.9 Å². The third-order valence-corrected chi connectivity index (χ3v) is 6.74. The van der Waals surface area contributed by atoms with E-state index in [1.165, 1.54) is 24.5 Å². The number of aromatic nitrogens is 3. The van der Waals surface area contributed by atoms with Gasteiger partial charge in [-0.1, -0.05) is 0 Å². The first-order chi connectivity index (χ1) is 16.1. The molecule has 9 nitrogen and oxygen atoms in total. The number of halogens is 2. The van der Waals surface area contributed by atoms with Crippen LogP contribution in [0.4, 0.5) is 14.6 Å². The van der Waals surface area contributed by atoms with E-state index in [2.05, 4.69) is 15.0 Å². The molecule has 1 aliphatic carbocycles. The molecule has 0 aliphatic heterocycles. The largest absolute Gasteiger partial charge is 0.393 e. The monoisotopic (exact) mass is 489 g/mol. The zero-order chi connectivity index (χ0) is 24.6. The van der Waals surface area contributed by atoms with Crippen LogP contribution in [-0.2, 0) is 10.0 Å². The van der Waals surface area contributed by atoms with Crippen molar-refractivity contribution in [2.24, 2.45) is 5.14 Å². The van der Waals surface area contributed by atoms with Crippen LogP contribution in [0.5, 0.6) is 0 Å². The Morgan fingerprint density at radius 3 is 2.44 bits per heavy atom. The summed E-state index contributed by atoms with van der Waals surface area (Å²) in [5, 5.41) is 15.0. The maximum absolute atomic E-state index is 15.7. The highest BCUT2D eigenvalue weighted by molar-refractivity contribution is 7.89. The van der Waals surface area contributed by atoms with Crippen molar-refractivity contribution >= 4 is 21.6 Å². The first-order valence-corrected chi connectivity index (χ1v) is 11.9. The van der Waals surface area contributed by atoms with E-state index in [1.807, 2.05) is 0 Å². The highest BCUT2D eigenvalue weighted by atomic mass is 32.2. The van der Waals surface area contributed by atoms with Gasteiger partial charge in [-0.3, -0.25) is 9.78 Å². The highest BCUT2D eigenvalue weighted by Crippen LogP contribution is 2.40. The summed E-state index contributed by atoms with van der Waals surface area (Å²) in [6.07, 6.45) is 4.36. The zero-order valence-electron chi connectivity index (χ0n) is 17.8. The quantitative estimate of drug-likeness (QED) is 0.460. The summed E-state index contributed by atoms with van der Waals surface area (Å²) in [5.41, 5.74) is 4.62. The molecule has 5 N–H and O–H groups in total. The smallest absolute Gasteiger partial charge is 0.241 e. The van der Waals surface area contributed by atoms with E-state index in [0.29, 0.717) is 12.8 Å². The Morgan fingerprint density at radius 2 is 1.82 bits per heavy atom. The summed E-state index contributed by atoms with van der Waals surface area (Å²) in [6, 6.07) is 3.75. The molecule has 2 aromatic heterocycles. The molecule has 34 heavy (non-hydrogen) atoms. The van der Waals surface area contributed by atoms with Crippen molar-refractivity contribution in [2.75, 3.05) is 5.73 Å². The van der Waals surface area contributed by atoms with Gasteiger partial charge in [0, 0.05) is 29.1 Å². The summed E-state index contributed by atoms with van der Waals surface area (Å²) in [5.74, 6) is -3.85. The lowest BCUT2D eigenvalue weighted by Crippen LogP contribution is -2.22. The van der Waals surface area contributed by atoms with Crippen molar-refractivity contribution in [3.8, 4) is 11.3 Å². The van der Waals surface area contributed by atoms with Crippen LogP contribution >= 0.6 is 0 Å². The Hall–Kier alpha value is -3.35. The average molecular weight is 490 g/mol. The van der Waals surface area contributed by atoms with Gasteiger partial charge in [0.05, 0.1) is 18.0 Å². The summed E-state index contributed by atoms with van der Waals surface area (Å²) in [4.78, 5) is 23.8. The Kier molecular flexibility index (Phi) is 6.39. The Bertz CT molecular complexity index is 1360. The normalized spacial score (nSPS) is 18.6. The van der Waals surface area contributed by atoms with E-state index in [1.54, 1.807) is 0 Å². The number of carbonyl (C=O) groups excluding carboxylic acids is 1. The summed E-state index contributed by atoms with van der Waals surface area (Å²) >= 11 is 0. The molecule has 3 aromatic rings. The van der Waals surface area contributed by atoms with Crippen LogP contribution in [0.15, 0.2) is 41.7 Å². The minimum atomic E-state index is -4.57. The number of aliphatic hydroxyl groups excluding tert-OH is 1. The molecule has 1 saturated carbocycles. The number of hydrogen-bond donors (Lipinski definition) is 3. The van der Waals surface area contributed by atoms with Gasteiger partial charge in [-0.2, -0.15) is 0 Å². The number of aliphatic hydroxyl groups is 1. The highest BCUT2D eigenvalue weighted by Gasteiger charge is 2.32. The molecule has 4 rings (SSSR count). The van der Waals surface area contributed by atoms with Gasteiger partial charge in [0.15, 0.2) is 11.5 Å². The molecule has 1 aromatic carbocycles. The van der Waals surface area contributed by atoms with E-state index < -0.39 is 49.9 Å². The first-order valence-electron chi connectivity index (χ1n) is 10.4. The van der Waals surface area contributed by atoms with Crippen LogP contribution in [-0.4, -0.2) is 40.4 Å². The van der Waals surface area contributed by atoms with Gasteiger partial charge in [-0.25, -0.2) is 32.3 Å².